The number of halogens is 1. The monoisotopic (exact) mass is 284 g/mol. The van der Waals surface area contributed by atoms with Gasteiger partial charge in [-0.1, -0.05) is 0 Å². The molecule has 0 saturated heterocycles. The Bertz CT molecular complexity index is 505. The number of rotatable bonds is 1. The van der Waals surface area contributed by atoms with E-state index in [1.54, 1.807) is 11.3 Å². The van der Waals surface area contributed by atoms with Crippen LogP contribution in [0.1, 0.15) is 21.4 Å². The van der Waals surface area contributed by atoms with Gasteiger partial charge in [0.25, 0.3) is 0 Å². The predicted octanol–water partition coefficient (Wildman–Crippen LogP) is 3.07. The molecule has 3 heterocycles. The number of H-pyrrole nitrogens is 1. The summed E-state index contributed by atoms with van der Waals surface area (Å²) in [5, 5.41) is 1.14. The van der Waals surface area contributed by atoms with Crippen molar-refractivity contribution in [1.29, 1.82) is 0 Å². The van der Waals surface area contributed by atoms with Gasteiger partial charge in [-0.3, -0.25) is 0 Å². The van der Waals surface area contributed by atoms with E-state index in [4.69, 9.17) is 4.74 Å². The van der Waals surface area contributed by atoms with Gasteiger partial charge in [0.1, 0.15) is 16.2 Å². The fraction of sp³-hybridized carbons (Fsp3) is 0.300. The molecular formula is C10H9BrN2OS. The lowest BCUT2D eigenvalue weighted by molar-refractivity contribution is 0.339. The Balaban J connectivity index is 2.03. The molecule has 0 saturated carbocycles. The molecule has 1 atom stereocenters. The zero-order chi connectivity index (χ0) is 10.4. The van der Waals surface area contributed by atoms with Gasteiger partial charge in [-0.05, 0) is 22.9 Å². The van der Waals surface area contributed by atoms with Crippen LogP contribution in [0.4, 0.5) is 0 Å². The fourth-order valence-electron chi connectivity index (χ4n) is 1.80. The Kier molecular flexibility index (Phi) is 2.10. The molecule has 78 valence electrons. The van der Waals surface area contributed by atoms with Crippen LogP contribution in [0.15, 0.2) is 17.0 Å². The first kappa shape index (κ1) is 9.42. The third-order valence-electron chi connectivity index (χ3n) is 2.52. The number of fused-ring (bicyclic) bond motifs is 1. The van der Waals surface area contributed by atoms with E-state index in [-0.39, 0.29) is 0 Å². The Morgan fingerprint density at radius 3 is 3.27 bits per heavy atom. The zero-order valence-electron chi connectivity index (χ0n) is 8.08. The molecule has 1 N–H and O–H groups in total. The van der Waals surface area contributed by atoms with Gasteiger partial charge >= 0.3 is 0 Å². The molecule has 3 nitrogen and oxygen atoms in total. The summed E-state index contributed by atoms with van der Waals surface area (Å²) in [5.41, 5.74) is 1.20. The molecule has 0 spiro atoms. The normalized spacial score (nSPS) is 18.9. The van der Waals surface area contributed by atoms with E-state index in [0.29, 0.717) is 12.5 Å². The van der Waals surface area contributed by atoms with E-state index in [9.17, 15) is 0 Å². The molecule has 0 bridgehead atoms. The molecular weight excluding hydrogens is 276 g/mol. The fourth-order valence-corrected chi connectivity index (χ4v) is 3.13. The average molecular weight is 285 g/mol. The number of aromatic nitrogens is 2. The molecule has 0 aromatic carbocycles. The summed E-state index contributed by atoms with van der Waals surface area (Å²) in [6.45, 7) is 2.77. The molecule has 0 amide bonds. The highest BCUT2D eigenvalue weighted by Crippen LogP contribution is 2.43. The van der Waals surface area contributed by atoms with Crippen LogP contribution < -0.4 is 4.74 Å². The average Bonchev–Trinajstić information content (AvgIpc) is 2.84. The Morgan fingerprint density at radius 1 is 1.67 bits per heavy atom. The van der Waals surface area contributed by atoms with Crippen molar-refractivity contribution in [3.8, 4) is 5.75 Å². The quantitative estimate of drug-likeness (QED) is 0.874. The maximum atomic E-state index is 5.63. The summed E-state index contributed by atoms with van der Waals surface area (Å²) in [7, 11) is 0. The minimum atomic E-state index is 0.293. The van der Waals surface area contributed by atoms with Gasteiger partial charge in [0.15, 0.2) is 5.75 Å². The lowest BCUT2D eigenvalue weighted by Crippen LogP contribution is -2.02. The van der Waals surface area contributed by atoms with Gasteiger partial charge in [-0.2, -0.15) is 0 Å². The van der Waals surface area contributed by atoms with Crippen molar-refractivity contribution < 1.29 is 4.74 Å². The van der Waals surface area contributed by atoms with Gasteiger partial charge in [0, 0.05) is 22.8 Å². The van der Waals surface area contributed by atoms with E-state index < -0.39 is 0 Å². The Morgan fingerprint density at radius 2 is 2.53 bits per heavy atom. The first-order valence-corrected chi connectivity index (χ1v) is 6.28. The molecule has 1 aliphatic rings. The molecule has 5 heteroatoms. The van der Waals surface area contributed by atoms with Crippen molar-refractivity contribution in [2.45, 2.75) is 12.8 Å². The van der Waals surface area contributed by atoms with Crippen molar-refractivity contribution in [2.24, 2.45) is 0 Å². The number of hydrogen-bond acceptors (Lipinski definition) is 3. The van der Waals surface area contributed by atoms with Crippen LogP contribution in [-0.4, -0.2) is 16.6 Å². The molecule has 2 aromatic rings. The molecule has 1 unspecified atom stereocenters. The van der Waals surface area contributed by atoms with E-state index in [1.165, 1.54) is 10.4 Å². The van der Waals surface area contributed by atoms with Gasteiger partial charge in [-0.25, -0.2) is 4.98 Å². The standard InChI is InChI=1S/C10H9BrN2OS/c1-5-2-13-10(15-5)7-4-14-8-6(7)3-12-9(8)11/h2-3,7,12H,4H2,1H3. The second kappa shape index (κ2) is 3.35. The topological polar surface area (TPSA) is 37.9 Å². The van der Waals surface area contributed by atoms with Crippen LogP contribution in [0, 0.1) is 6.92 Å². The van der Waals surface area contributed by atoms with Crippen LogP contribution in [-0.2, 0) is 0 Å². The predicted molar refractivity (Wildman–Crippen MR) is 62.7 cm³/mol. The second-order valence-electron chi connectivity index (χ2n) is 3.56. The third-order valence-corrected chi connectivity index (χ3v) is 4.14. The molecule has 1 aliphatic heterocycles. The van der Waals surface area contributed by atoms with E-state index >= 15 is 0 Å². The van der Waals surface area contributed by atoms with Gasteiger partial charge in [0.05, 0.1) is 5.92 Å². The van der Waals surface area contributed by atoms with Crippen molar-refractivity contribution >= 4 is 27.3 Å². The lowest BCUT2D eigenvalue weighted by atomic mass is 10.1. The van der Waals surface area contributed by atoms with Crippen LogP contribution >= 0.6 is 27.3 Å². The molecule has 0 radical (unpaired) electrons. The summed E-state index contributed by atoms with van der Waals surface area (Å²) < 4.78 is 6.56. The van der Waals surface area contributed by atoms with Crippen molar-refractivity contribution in [1.82, 2.24) is 9.97 Å². The van der Waals surface area contributed by atoms with E-state index in [1.807, 2.05) is 12.4 Å². The minimum absolute atomic E-state index is 0.293. The lowest BCUT2D eigenvalue weighted by Gasteiger charge is -2.02. The molecule has 3 rings (SSSR count). The molecule has 0 aliphatic carbocycles. The first-order chi connectivity index (χ1) is 7.25. The minimum Gasteiger partial charge on any atom is -0.489 e. The summed E-state index contributed by atoms with van der Waals surface area (Å²) in [6.07, 6.45) is 3.91. The summed E-state index contributed by atoms with van der Waals surface area (Å²) in [5.74, 6) is 1.23. The zero-order valence-corrected chi connectivity index (χ0v) is 10.5. The molecule has 15 heavy (non-hydrogen) atoms. The number of aryl methyl sites for hydroxylation is 1. The largest absolute Gasteiger partial charge is 0.489 e. The number of aromatic amines is 1. The van der Waals surface area contributed by atoms with Crippen LogP contribution in [0.3, 0.4) is 0 Å². The molecule has 2 aromatic heterocycles. The smallest absolute Gasteiger partial charge is 0.155 e. The van der Waals surface area contributed by atoms with E-state index in [0.717, 1.165) is 15.4 Å². The number of ether oxygens (including phenoxy) is 1. The highest BCUT2D eigenvalue weighted by atomic mass is 79.9. The Labute approximate surface area is 99.6 Å². The number of nitrogens with one attached hydrogen (secondary N) is 1. The highest BCUT2D eigenvalue weighted by molar-refractivity contribution is 9.10. The third kappa shape index (κ3) is 1.41. The van der Waals surface area contributed by atoms with Gasteiger partial charge < -0.3 is 9.72 Å². The second-order valence-corrected chi connectivity index (χ2v) is 5.62. The maximum Gasteiger partial charge on any atom is 0.155 e. The van der Waals surface area contributed by atoms with Crippen LogP contribution in [0.5, 0.6) is 5.75 Å². The number of nitrogens with zero attached hydrogens (tertiary/aromatic N) is 1. The summed E-state index contributed by atoms with van der Waals surface area (Å²) in [6, 6.07) is 0. The van der Waals surface area contributed by atoms with Gasteiger partial charge in [0.2, 0.25) is 0 Å². The Hall–Kier alpha value is -0.810. The van der Waals surface area contributed by atoms with Crippen LogP contribution in [0.25, 0.3) is 0 Å². The summed E-state index contributed by atoms with van der Waals surface area (Å²) in [4.78, 5) is 8.77. The first-order valence-electron chi connectivity index (χ1n) is 4.67. The van der Waals surface area contributed by atoms with Crippen molar-refractivity contribution in [2.75, 3.05) is 6.61 Å². The SMILES string of the molecule is Cc1cnc(C2COc3c2c[nH]c3Br)s1. The van der Waals surface area contributed by atoms with E-state index in [2.05, 4.69) is 32.8 Å². The molecule has 0 fully saturated rings. The van der Waals surface area contributed by atoms with Crippen LogP contribution in [0.2, 0.25) is 0 Å². The van der Waals surface area contributed by atoms with Crippen molar-refractivity contribution in [3.05, 3.63) is 32.4 Å². The maximum absolute atomic E-state index is 5.63. The summed E-state index contributed by atoms with van der Waals surface area (Å²) >= 11 is 5.16. The highest BCUT2D eigenvalue weighted by Gasteiger charge is 2.30. The number of thiazole rings is 1. The number of hydrogen-bond donors (Lipinski definition) is 1. The van der Waals surface area contributed by atoms with Gasteiger partial charge in [-0.15, -0.1) is 11.3 Å². The van der Waals surface area contributed by atoms with Crippen molar-refractivity contribution in [3.63, 3.8) is 0 Å².